The Morgan fingerprint density at radius 2 is 1.14 bits per heavy atom. The molecule has 7 heteroatoms. The largest absolute Gasteiger partial charge is 2.00 e. The standard InChI is InChI=1S/Fe.H3O4P.O/c;1-5(2,3)4;/h;(H3,1,2,3,4);/q+2;;-2. The van der Waals surface area contributed by atoms with E-state index >= 15 is 0 Å². The predicted octanol–water partition coefficient (Wildman–Crippen LogP) is -1.05. The maximum Gasteiger partial charge on any atom is 2.00 e. The summed E-state index contributed by atoms with van der Waals surface area (Å²) in [5.41, 5.74) is 0. The third-order valence-electron chi connectivity index (χ3n) is 0. The fourth-order valence-corrected chi connectivity index (χ4v) is 0. The Hall–Kier alpha value is 0.589. The SMILES string of the molecule is O=P(O)(O)O.[Fe+2].[O-2]. The van der Waals surface area contributed by atoms with Crippen LogP contribution < -0.4 is 0 Å². The van der Waals surface area contributed by atoms with Gasteiger partial charge in [-0.25, -0.2) is 4.57 Å². The minimum absolute atomic E-state index is 0. The van der Waals surface area contributed by atoms with E-state index in [-0.39, 0.29) is 22.5 Å². The van der Waals surface area contributed by atoms with E-state index in [9.17, 15) is 0 Å². The number of hydrogen-bond donors (Lipinski definition) is 3. The minimum Gasteiger partial charge on any atom is -2.00 e. The van der Waals surface area contributed by atoms with Gasteiger partial charge < -0.3 is 20.2 Å². The Labute approximate surface area is 50.4 Å². The summed E-state index contributed by atoms with van der Waals surface area (Å²) in [4.78, 5) is 21.6. The first-order valence-corrected chi connectivity index (χ1v) is 2.35. The molecule has 0 radical (unpaired) electrons. The third-order valence-corrected chi connectivity index (χ3v) is 0. The first-order valence-electron chi connectivity index (χ1n) is 0.783. The van der Waals surface area contributed by atoms with Gasteiger partial charge in [-0.1, -0.05) is 0 Å². The van der Waals surface area contributed by atoms with Gasteiger partial charge in [-0.15, -0.1) is 0 Å². The summed E-state index contributed by atoms with van der Waals surface area (Å²) >= 11 is 0. The van der Waals surface area contributed by atoms with Crippen LogP contribution in [0.5, 0.6) is 0 Å². The Balaban J connectivity index is -0.0000000800. The van der Waals surface area contributed by atoms with E-state index in [4.69, 9.17) is 19.2 Å². The fourth-order valence-electron chi connectivity index (χ4n) is 0. The van der Waals surface area contributed by atoms with E-state index < -0.39 is 7.82 Å². The maximum atomic E-state index is 8.88. The summed E-state index contributed by atoms with van der Waals surface area (Å²) in [7, 11) is -4.64. The van der Waals surface area contributed by atoms with Gasteiger partial charge in [0.05, 0.1) is 0 Å². The molecule has 0 bridgehead atoms. The topological polar surface area (TPSA) is 106 Å². The average molecular weight is 170 g/mol. The molecule has 0 aliphatic carbocycles. The van der Waals surface area contributed by atoms with Crippen molar-refractivity contribution in [2.24, 2.45) is 0 Å². The zero-order valence-electron chi connectivity index (χ0n) is 2.96. The molecule has 0 aliphatic rings. The van der Waals surface area contributed by atoms with Crippen molar-refractivity contribution in [1.29, 1.82) is 0 Å². The molecule has 7 heavy (non-hydrogen) atoms. The minimum atomic E-state index is -4.64. The quantitative estimate of drug-likeness (QED) is 0.318. The molecule has 3 N–H and O–H groups in total. The van der Waals surface area contributed by atoms with E-state index in [0.29, 0.717) is 0 Å². The van der Waals surface area contributed by atoms with E-state index in [1.807, 2.05) is 0 Å². The summed E-state index contributed by atoms with van der Waals surface area (Å²) in [6.07, 6.45) is 0. The molecule has 0 fully saturated rings. The molecule has 0 rings (SSSR count). The van der Waals surface area contributed by atoms with Gasteiger partial charge in [0.2, 0.25) is 0 Å². The molecule has 0 atom stereocenters. The van der Waals surface area contributed by atoms with Crippen LogP contribution in [0.25, 0.3) is 0 Å². The fraction of sp³-hybridized carbons (Fsp3) is 0. The zero-order valence-corrected chi connectivity index (χ0v) is 4.96. The zero-order chi connectivity index (χ0) is 4.50. The van der Waals surface area contributed by atoms with Crippen LogP contribution in [0.15, 0.2) is 0 Å². The smallest absolute Gasteiger partial charge is 2.00 e. The van der Waals surface area contributed by atoms with E-state index in [1.165, 1.54) is 0 Å². The second-order valence-electron chi connectivity index (χ2n) is 0.513. The van der Waals surface area contributed by atoms with Gasteiger partial charge in [-0.05, 0) is 0 Å². The van der Waals surface area contributed by atoms with Gasteiger partial charge in [0, 0.05) is 0 Å². The van der Waals surface area contributed by atoms with Crippen LogP contribution in [-0.2, 0) is 27.1 Å². The molecule has 0 amide bonds. The van der Waals surface area contributed by atoms with E-state index in [2.05, 4.69) is 0 Å². The molecule has 0 saturated heterocycles. The second kappa shape index (κ2) is 4.74. The Bertz CT molecular complexity index is 54.2. The Morgan fingerprint density at radius 3 is 1.14 bits per heavy atom. The van der Waals surface area contributed by atoms with Crippen molar-refractivity contribution < 1.29 is 41.8 Å². The second-order valence-corrected chi connectivity index (χ2v) is 1.54. The van der Waals surface area contributed by atoms with Gasteiger partial charge in [0.1, 0.15) is 0 Å². The average Bonchev–Trinajstić information content (AvgIpc) is 0.722. The predicted molar refractivity (Wildman–Crippen MR) is 14.9 cm³/mol. The monoisotopic (exact) mass is 170 g/mol. The molecule has 0 aromatic carbocycles. The van der Waals surface area contributed by atoms with Crippen molar-refractivity contribution >= 4 is 7.82 Å². The summed E-state index contributed by atoms with van der Waals surface area (Å²) < 4.78 is 8.88. The van der Waals surface area contributed by atoms with Crippen LogP contribution in [0.2, 0.25) is 0 Å². The molecule has 0 aromatic heterocycles. The molecule has 0 unspecified atom stereocenters. The first-order chi connectivity index (χ1) is 2.00. The van der Waals surface area contributed by atoms with Crippen molar-refractivity contribution in [1.82, 2.24) is 0 Å². The van der Waals surface area contributed by atoms with Crippen LogP contribution in [0.1, 0.15) is 0 Å². The molecule has 0 aliphatic heterocycles. The summed E-state index contributed by atoms with van der Waals surface area (Å²) in [5.74, 6) is 0. The summed E-state index contributed by atoms with van der Waals surface area (Å²) in [6, 6.07) is 0. The third kappa shape index (κ3) is 399. The van der Waals surface area contributed by atoms with Crippen LogP contribution in [0, 0.1) is 0 Å². The van der Waals surface area contributed by atoms with Gasteiger partial charge in [0.25, 0.3) is 0 Å². The number of hydrogen-bond acceptors (Lipinski definition) is 1. The molecule has 0 aromatic rings. The molecule has 5 nitrogen and oxygen atoms in total. The molecular formula is H3FeO5P. The van der Waals surface area contributed by atoms with Crippen LogP contribution in [0.3, 0.4) is 0 Å². The van der Waals surface area contributed by atoms with Crippen LogP contribution in [-0.4, -0.2) is 14.7 Å². The van der Waals surface area contributed by atoms with Gasteiger partial charge in [-0.3, -0.25) is 0 Å². The number of phosphoric acid groups is 1. The molecule has 0 heterocycles. The van der Waals surface area contributed by atoms with Crippen molar-refractivity contribution in [3.05, 3.63) is 0 Å². The first kappa shape index (κ1) is 15.6. The molecule has 46 valence electrons. The van der Waals surface area contributed by atoms with E-state index in [0.717, 1.165) is 0 Å². The van der Waals surface area contributed by atoms with Crippen LogP contribution >= 0.6 is 7.82 Å². The van der Waals surface area contributed by atoms with E-state index in [1.54, 1.807) is 0 Å². The van der Waals surface area contributed by atoms with Gasteiger partial charge in [-0.2, -0.15) is 0 Å². The Kier molecular flexibility index (Phi) is 10.6. The van der Waals surface area contributed by atoms with Crippen LogP contribution in [0.4, 0.5) is 0 Å². The van der Waals surface area contributed by atoms with Crippen molar-refractivity contribution in [3.8, 4) is 0 Å². The normalized spacial score (nSPS) is 8.43. The maximum absolute atomic E-state index is 8.88. The van der Waals surface area contributed by atoms with Crippen molar-refractivity contribution in [2.45, 2.75) is 0 Å². The molecule has 0 saturated carbocycles. The summed E-state index contributed by atoms with van der Waals surface area (Å²) in [6.45, 7) is 0. The number of rotatable bonds is 0. The molecular weight excluding hydrogens is 167 g/mol. The van der Waals surface area contributed by atoms with Gasteiger partial charge >= 0.3 is 24.9 Å². The van der Waals surface area contributed by atoms with Gasteiger partial charge in [0.15, 0.2) is 0 Å². The van der Waals surface area contributed by atoms with Crippen molar-refractivity contribution in [3.63, 3.8) is 0 Å². The molecule has 0 spiro atoms. The Morgan fingerprint density at radius 1 is 1.14 bits per heavy atom. The summed E-state index contributed by atoms with van der Waals surface area (Å²) in [5, 5.41) is 0. The van der Waals surface area contributed by atoms with Crippen molar-refractivity contribution in [2.75, 3.05) is 0 Å².